The van der Waals surface area contributed by atoms with Crippen LogP contribution in [0.25, 0.3) is 0 Å². The van der Waals surface area contributed by atoms with Gasteiger partial charge in [-0.2, -0.15) is 11.8 Å². The largest absolute Gasteiger partial charge is 0.481 e. The normalized spacial score (nSPS) is 42.3. The first-order valence-corrected chi connectivity index (χ1v) is 6.67. The van der Waals surface area contributed by atoms with Gasteiger partial charge in [0.1, 0.15) is 0 Å². The summed E-state index contributed by atoms with van der Waals surface area (Å²) < 4.78 is 0. The van der Waals surface area contributed by atoms with Gasteiger partial charge in [0.15, 0.2) is 0 Å². The van der Waals surface area contributed by atoms with Gasteiger partial charge in [0.05, 0.1) is 5.41 Å². The molecule has 0 spiro atoms. The Bertz CT molecular complexity index is 271. The first-order chi connectivity index (χ1) is 7.03. The first kappa shape index (κ1) is 11.3. The standard InChI is InChI=1S/C11H19NO2S/c1-8-9(3-6-15-8)12-5-4-11(2,7-12)10(13)14/h8-9H,3-7H2,1-2H3,(H,13,14). The fraction of sp³-hybridized carbons (Fsp3) is 0.909. The van der Waals surface area contributed by atoms with Crippen molar-refractivity contribution in [3.8, 4) is 0 Å². The maximum atomic E-state index is 11.1. The Kier molecular flexibility index (Phi) is 2.99. The molecule has 1 N–H and O–H groups in total. The molecule has 3 atom stereocenters. The summed E-state index contributed by atoms with van der Waals surface area (Å²) >= 11 is 2.01. The lowest BCUT2D eigenvalue weighted by Crippen LogP contribution is -2.40. The number of carboxylic acid groups (broad SMARTS) is 1. The Morgan fingerprint density at radius 1 is 1.60 bits per heavy atom. The number of carboxylic acids is 1. The van der Waals surface area contributed by atoms with Crippen LogP contribution < -0.4 is 0 Å². The van der Waals surface area contributed by atoms with Crippen LogP contribution in [0.2, 0.25) is 0 Å². The van der Waals surface area contributed by atoms with E-state index in [0.717, 1.165) is 19.5 Å². The van der Waals surface area contributed by atoms with Crippen LogP contribution in [0.3, 0.4) is 0 Å². The quantitative estimate of drug-likeness (QED) is 0.782. The van der Waals surface area contributed by atoms with E-state index in [1.165, 1.54) is 12.2 Å². The molecule has 3 unspecified atom stereocenters. The van der Waals surface area contributed by atoms with E-state index >= 15 is 0 Å². The molecule has 0 amide bonds. The Balaban J connectivity index is 2.00. The average molecular weight is 229 g/mol. The van der Waals surface area contributed by atoms with Crippen molar-refractivity contribution < 1.29 is 9.90 Å². The van der Waals surface area contributed by atoms with Gasteiger partial charge in [-0.1, -0.05) is 6.92 Å². The van der Waals surface area contributed by atoms with Gasteiger partial charge in [0.2, 0.25) is 0 Å². The summed E-state index contributed by atoms with van der Waals surface area (Å²) in [5.41, 5.74) is -0.507. The molecule has 4 heteroatoms. The highest BCUT2D eigenvalue weighted by Crippen LogP contribution is 2.37. The van der Waals surface area contributed by atoms with E-state index in [-0.39, 0.29) is 0 Å². The predicted octanol–water partition coefficient (Wildman–Crippen LogP) is 1.68. The number of likely N-dealkylation sites (tertiary alicyclic amines) is 1. The van der Waals surface area contributed by atoms with Gasteiger partial charge >= 0.3 is 5.97 Å². The van der Waals surface area contributed by atoms with Gasteiger partial charge in [-0.05, 0) is 32.1 Å². The van der Waals surface area contributed by atoms with Crippen molar-refractivity contribution >= 4 is 17.7 Å². The minimum Gasteiger partial charge on any atom is -0.481 e. The zero-order chi connectivity index (χ0) is 11.1. The van der Waals surface area contributed by atoms with Crippen molar-refractivity contribution in [1.29, 1.82) is 0 Å². The lowest BCUT2D eigenvalue weighted by molar-refractivity contribution is -0.147. The van der Waals surface area contributed by atoms with E-state index < -0.39 is 11.4 Å². The maximum absolute atomic E-state index is 11.1. The molecular weight excluding hydrogens is 210 g/mol. The molecule has 0 bridgehead atoms. The molecule has 0 aromatic rings. The SMILES string of the molecule is CC1SCCC1N1CCC(C)(C(=O)O)C1. The van der Waals surface area contributed by atoms with Gasteiger partial charge in [-0.3, -0.25) is 9.69 Å². The van der Waals surface area contributed by atoms with Gasteiger partial charge in [0.25, 0.3) is 0 Å². The fourth-order valence-electron chi connectivity index (χ4n) is 2.65. The van der Waals surface area contributed by atoms with Crippen molar-refractivity contribution in [3.63, 3.8) is 0 Å². The second-order valence-electron chi connectivity index (χ2n) is 5.02. The summed E-state index contributed by atoms with van der Waals surface area (Å²) in [6.07, 6.45) is 2.03. The molecule has 0 saturated carbocycles. The number of aliphatic carboxylic acids is 1. The van der Waals surface area contributed by atoms with Crippen LogP contribution in [0.5, 0.6) is 0 Å². The van der Waals surface area contributed by atoms with Crippen LogP contribution in [-0.2, 0) is 4.79 Å². The molecule has 2 aliphatic rings. The molecule has 0 aromatic heterocycles. The van der Waals surface area contributed by atoms with Crippen molar-refractivity contribution in [1.82, 2.24) is 4.90 Å². The third-order valence-corrected chi connectivity index (χ3v) is 5.14. The average Bonchev–Trinajstić information content (AvgIpc) is 2.73. The first-order valence-electron chi connectivity index (χ1n) is 5.62. The second-order valence-corrected chi connectivity index (χ2v) is 6.50. The second kappa shape index (κ2) is 3.98. The maximum Gasteiger partial charge on any atom is 0.310 e. The van der Waals surface area contributed by atoms with Crippen LogP contribution in [0.4, 0.5) is 0 Å². The number of nitrogens with zero attached hydrogens (tertiary/aromatic N) is 1. The third kappa shape index (κ3) is 2.02. The summed E-state index contributed by atoms with van der Waals surface area (Å²) in [5, 5.41) is 9.83. The molecule has 0 aromatic carbocycles. The number of hydrogen-bond acceptors (Lipinski definition) is 3. The molecule has 3 nitrogen and oxygen atoms in total. The number of carbonyl (C=O) groups is 1. The minimum atomic E-state index is -0.636. The van der Waals surface area contributed by atoms with Crippen LogP contribution in [-0.4, -0.2) is 46.1 Å². The zero-order valence-electron chi connectivity index (χ0n) is 9.40. The highest BCUT2D eigenvalue weighted by Gasteiger charge is 2.44. The van der Waals surface area contributed by atoms with Crippen molar-refractivity contribution in [3.05, 3.63) is 0 Å². The molecule has 2 aliphatic heterocycles. The molecular formula is C11H19NO2S. The highest BCUT2D eigenvalue weighted by atomic mass is 32.2. The summed E-state index contributed by atoms with van der Waals surface area (Å²) in [5.74, 6) is 0.592. The van der Waals surface area contributed by atoms with Gasteiger partial charge in [-0.25, -0.2) is 0 Å². The summed E-state index contributed by atoms with van der Waals surface area (Å²) in [6, 6.07) is 0.608. The van der Waals surface area contributed by atoms with E-state index in [4.69, 9.17) is 5.11 Å². The highest BCUT2D eigenvalue weighted by molar-refractivity contribution is 8.00. The van der Waals surface area contributed by atoms with Crippen LogP contribution in [0.1, 0.15) is 26.7 Å². The van der Waals surface area contributed by atoms with Crippen LogP contribution in [0, 0.1) is 5.41 Å². The van der Waals surface area contributed by atoms with Gasteiger partial charge in [0, 0.05) is 17.8 Å². The number of hydrogen-bond donors (Lipinski definition) is 1. The fourth-order valence-corrected chi connectivity index (χ4v) is 3.93. The molecule has 86 valence electrons. The van der Waals surface area contributed by atoms with E-state index in [9.17, 15) is 4.79 Å². The Morgan fingerprint density at radius 3 is 2.80 bits per heavy atom. The third-order valence-electron chi connectivity index (χ3n) is 3.82. The Labute approximate surface area is 95.2 Å². The minimum absolute atomic E-state index is 0.507. The van der Waals surface area contributed by atoms with E-state index in [1.807, 2.05) is 18.7 Å². The smallest absolute Gasteiger partial charge is 0.310 e. The zero-order valence-corrected chi connectivity index (χ0v) is 10.2. The van der Waals surface area contributed by atoms with Crippen molar-refractivity contribution in [2.24, 2.45) is 5.41 Å². The molecule has 2 rings (SSSR count). The Morgan fingerprint density at radius 2 is 2.33 bits per heavy atom. The van der Waals surface area contributed by atoms with Crippen LogP contribution >= 0.6 is 11.8 Å². The lowest BCUT2D eigenvalue weighted by Gasteiger charge is -2.28. The molecule has 0 aliphatic carbocycles. The number of thioether (sulfide) groups is 1. The molecule has 0 radical (unpaired) electrons. The predicted molar refractivity (Wildman–Crippen MR) is 62.3 cm³/mol. The topological polar surface area (TPSA) is 40.5 Å². The Hall–Kier alpha value is -0.220. The van der Waals surface area contributed by atoms with Crippen LogP contribution in [0.15, 0.2) is 0 Å². The molecule has 2 fully saturated rings. The van der Waals surface area contributed by atoms with Crippen molar-refractivity contribution in [2.45, 2.75) is 38.0 Å². The summed E-state index contributed by atoms with van der Waals surface area (Å²) in [4.78, 5) is 13.5. The van der Waals surface area contributed by atoms with Gasteiger partial charge in [-0.15, -0.1) is 0 Å². The van der Waals surface area contributed by atoms with E-state index in [0.29, 0.717) is 11.3 Å². The number of rotatable bonds is 2. The molecule has 2 heterocycles. The summed E-state index contributed by atoms with van der Waals surface area (Å²) in [7, 11) is 0. The van der Waals surface area contributed by atoms with Gasteiger partial charge < -0.3 is 5.11 Å². The molecule has 15 heavy (non-hydrogen) atoms. The summed E-state index contributed by atoms with van der Waals surface area (Å²) in [6.45, 7) is 5.83. The van der Waals surface area contributed by atoms with E-state index in [2.05, 4.69) is 11.8 Å². The lowest BCUT2D eigenvalue weighted by atomic mass is 9.90. The van der Waals surface area contributed by atoms with E-state index in [1.54, 1.807) is 0 Å². The monoisotopic (exact) mass is 229 g/mol. The van der Waals surface area contributed by atoms with Crippen molar-refractivity contribution in [2.75, 3.05) is 18.8 Å². The molecule has 2 saturated heterocycles.